The van der Waals surface area contributed by atoms with Crippen LogP contribution in [0.1, 0.15) is 105 Å². The number of benzene rings is 3. The van der Waals surface area contributed by atoms with E-state index in [1.807, 2.05) is 34.6 Å². The summed E-state index contributed by atoms with van der Waals surface area (Å²) in [7, 11) is 0. The maximum absolute atomic E-state index is 14.3. The van der Waals surface area contributed by atoms with E-state index < -0.39 is 51.5 Å². The number of rotatable bonds is 11. The molecule has 2 N–H and O–H groups in total. The van der Waals surface area contributed by atoms with Crippen molar-refractivity contribution in [2.75, 3.05) is 5.32 Å². The predicted molar refractivity (Wildman–Crippen MR) is 178 cm³/mol. The molecule has 3 aromatic rings. The Morgan fingerprint density at radius 3 is 1.74 bits per heavy atom. The summed E-state index contributed by atoms with van der Waals surface area (Å²) in [5, 5.41) is 5.34. The van der Waals surface area contributed by atoms with Gasteiger partial charge in [0.15, 0.2) is 0 Å². The van der Waals surface area contributed by atoms with Crippen molar-refractivity contribution in [2.45, 2.75) is 94.5 Å². The van der Waals surface area contributed by atoms with Gasteiger partial charge in [0.2, 0.25) is 0 Å². The van der Waals surface area contributed by atoms with Gasteiger partial charge < -0.3 is 10.6 Å². The van der Waals surface area contributed by atoms with Crippen LogP contribution in [0.25, 0.3) is 11.1 Å². The fourth-order valence-corrected chi connectivity index (χ4v) is 6.01. The molecule has 4 nitrogen and oxygen atoms in total. The van der Waals surface area contributed by atoms with Gasteiger partial charge in [-0.3, -0.25) is 9.59 Å². The summed E-state index contributed by atoms with van der Waals surface area (Å²) in [5.74, 6) is -1.07. The van der Waals surface area contributed by atoms with E-state index in [1.54, 1.807) is 0 Å². The highest BCUT2D eigenvalue weighted by Crippen LogP contribution is 2.46. The smallest absolute Gasteiger partial charge is 0.347 e. The largest absolute Gasteiger partial charge is 0.417 e. The predicted octanol–water partition coefficient (Wildman–Crippen LogP) is 10.8. The van der Waals surface area contributed by atoms with E-state index in [9.17, 15) is 35.9 Å². The fourth-order valence-electron chi connectivity index (χ4n) is 5.21. The Kier molecular flexibility index (Phi) is 11.7. The molecule has 0 saturated carbocycles. The molecular formula is C35H39F6IN2O2. The SMILES string of the molecule is CCCCC(C)(C)NC(=O)c1ccc(C(=O)Nc2ccc(-c3ccc(C(C)(CC)C(C)I)cc3C(F)(F)F)c(C(F)(F)F)c2)cc1. The fraction of sp³-hybridized carbons (Fsp3) is 0.429. The molecule has 3 rings (SSSR count). The third-order valence-electron chi connectivity index (χ3n) is 8.49. The molecule has 0 bridgehead atoms. The Labute approximate surface area is 279 Å². The summed E-state index contributed by atoms with van der Waals surface area (Å²) in [6, 6.07) is 11.8. The van der Waals surface area contributed by atoms with Gasteiger partial charge in [-0.05, 0) is 85.8 Å². The molecule has 0 saturated heterocycles. The number of hydrogen-bond acceptors (Lipinski definition) is 2. The number of unbranched alkanes of at least 4 members (excludes halogenated alkanes) is 1. The Hall–Kier alpha value is -3.09. The molecule has 0 aromatic heterocycles. The van der Waals surface area contributed by atoms with Gasteiger partial charge in [0.25, 0.3) is 11.8 Å². The quantitative estimate of drug-likeness (QED) is 0.116. The number of hydrogen-bond donors (Lipinski definition) is 2. The lowest BCUT2D eigenvalue weighted by Crippen LogP contribution is -2.43. The molecule has 0 heterocycles. The molecule has 0 fully saturated rings. The maximum atomic E-state index is 14.3. The van der Waals surface area contributed by atoms with Gasteiger partial charge in [0, 0.05) is 31.7 Å². The average Bonchev–Trinajstić information content (AvgIpc) is 2.98. The lowest BCUT2D eigenvalue weighted by molar-refractivity contribution is -0.139. The molecule has 11 heteroatoms. The number of alkyl halides is 7. The second kappa shape index (κ2) is 14.4. The lowest BCUT2D eigenvalue weighted by Gasteiger charge is -2.33. The molecular weight excluding hydrogens is 721 g/mol. The minimum atomic E-state index is -5.02. The van der Waals surface area contributed by atoms with Crippen LogP contribution in [0, 0.1) is 0 Å². The molecule has 46 heavy (non-hydrogen) atoms. The Bertz CT molecular complexity index is 1550. The van der Waals surface area contributed by atoms with Crippen molar-refractivity contribution < 1.29 is 35.9 Å². The van der Waals surface area contributed by atoms with Gasteiger partial charge in [-0.25, -0.2) is 0 Å². The molecule has 0 aliphatic heterocycles. The zero-order valence-corrected chi connectivity index (χ0v) is 28.8. The van der Waals surface area contributed by atoms with E-state index in [1.165, 1.54) is 30.3 Å². The highest BCUT2D eigenvalue weighted by Gasteiger charge is 2.40. The number of halogens is 7. The minimum absolute atomic E-state index is 0.0493. The van der Waals surface area contributed by atoms with E-state index in [2.05, 4.69) is 40.1 Å². The van der Waals surface area contributed by atoms with E-state index in [0.29, 0.717) is 23.6 Å². The topological polar surface area (TPSA) is 58.2 Å². The highest BCUT2D eigenvalue weighted by molar-refractivity contribution is 14.1. The van der Waals surface area contributed by atoms with Gasteiger partial charge in [-0.15, -0.1) is 0 Å². The van der Waals surface area contributed by atoms with Crippen molar-refractivity contribution in [3.63, 3.8) is 0 Å². The van der Waals surface area contributed by atoms with Gasteiger partial charge in [0.05, 0.1) is 11.1 Å². The summed E-state index contributed by atoms with van der Waals surface area (Å²) in [6.45, 7) is 11.4. The van der Waals surface area contributed by atoms with Crippen molar-refractivity contribution in [1.29, 1.82) is 0 Å². The van der Waals surface area contributed by atoms with Crippen LogP contribution in [-0.4, -0.2) is 21.3 Å². The first kappa shape index (κ1) is 37.4. The molecule has 3 aromatic carbocycles. The third kappa shape index (κ3) is 8.83. The monoisotopic (exact) mass is 760 g/mol. The molecule has 250 valence electrons. The van der Waals surface area contributed by atoms with Crippen LogP contribution in [0.2, 0.25) is 0 Å². The van der Waals surface area contributed by atoms with Crippen molar-refractivity contribution in [2.24, 2.45) is 0 Å². The van der Waals surface area contributed by atoms with Crippen molar-refractivity contribution in [1.82, 2.24) is 5.32 Å². The molecule has 0 spiro atoms. The van der Waals surface area contributed by atoms with Gasteiger partial charge in [-0.1, -0.05) is 81.3 Å². The van der Waals surface area contributed by atoms with Crippen LogP contribution >= 0.6 is 22.6 Å². The Morgan fingerprint density at radius 1 is 0.761 bits per heavy atom. The second-order valence-electron chi connectivity index (χ2n) is 12.4. The van der Waals surface area contributed by atoms with Crippen LogP contribution in [0.15, 0.2) is 60.7 Å². The van der Waals surface area contributed by atoms with Crippen LogP contribution in [0.5, 0.6) is 0 Å². The molecule has 2 unspecified atom stereocenters. The zero-order chi connectivity index (χ0) is 34.7. The average molecular weight is 761 g/mol. The first-order valence-electron chi connectivity index (χ1n) is 15.0. The number of carbonyl (C=O) groups excluding carboxylic acids is 2. The zero-order valence-electron chi connectivity index (χ0n) is 26.6. The minimum Gasteiger partial charge on any atom is -0.347 e. The summed E-state index contributed by atoms with van der Waals surface area (Å²) in [4.78, 5) is 25.6. The molecule has 0 aliphatic rings. The van der Waals surface area contributed by atoms with E-state index in [0.717, 1.165) is 43.5 Å². The molecule has 0 radical (unpaired) electrons. The summed E-state index contributed by atoms with van der Waals surface area (Å²) in [6.07, 6.45) is -6.70. The van der Waals surface area contributed by atoms with Gasteiger partial charge in [-0.2, -0.15) is 26.3 Å². The van der Waals surface area contributed by atoms with Gasteiger partial charge in [0.1, 0.15) is 0 Å². The Morgan fingerprint density at radius 2 is 1.26 bits per heavy atom. The summed E-state index contributed by atoms with van der Waals surface area (Å²) in [5.41, 5.74) is -4.27. The lowest BCUT2D eigenvalue weighted by atomic mass is 9.76. The van der Waals surface area contributed by atoms with E-state index in [-0.39, 0.29) is 21.1 Å². The highest BCUT2D eigenvalue weighted by atomic mass is 127. The van der Waals surface area contributed by atoms with E-state index >= 15 is 0 Å². The van der Waals surface area contributed by atoms with Crippen molar-refractivity contribution >= 4 is 40.1 Å². The summed E-state index contributed by atoms with van der Waals surface area (Å²) < 4.78 is 85.8. The van der Waals surface area contributed by atoms with Gasteiger partial charge >= 0.3 is 12.4 Å². The normalized spacial score (nSPS) is 14.4. The number of anilines is 1. The Balaban J connectivity index is 1.94. The van der Waals surface area contributed by atoms with Crippen LogP contribution in [-0.2, 0) is 17.8 Å². The molecule has 2 atom stereocenters. The number of amides is 2. The van der Waals surface area contributed by atoms with Crippen LogP contribution in [0.4, 0.5) is 32.0 Å². The van der Waals surface area contributed by atoms with Crippen LogP contribution in [0.3, 0.4) is 0 Å². The van der Waals surface area contributed by atoms with E-state index in [4.69, 9.17) is 0 Å². The first-order chi connectivity index (χ1) is 21.2. The van der Waals surface area contributed by atoms with Crippen molar-refractivity contribution in [3.05, 3.63) is 88.5 Å². The number of nitrogens with one attached hydrogen (secondary N) is 2. The molecule has 0 aliphatic carbocycles. The maximum Gasteiger partial charge on any atom is 0.417 e. The standard InChI is InChI=1S/C35H39F6IN2O2/c1-7-9-18-32(4,5)44-31(46)23-12-10-22(11-13-23)30(45)43-25-15-17-27(29(20-25)35(39,40)41)26-16-14-24(19-28(26)34(36,37)38)33(6,8-2)21(3)42/h10-17,19-21H,7-9,18H2,1-6H3,(H,43,45)(H,44,46). The number of carbonyl (C=O) groups is 2. The first-order valence-corrected chi connectivity index (χ1v) is 16.3. The van der Waals surface area contributed by atoms with Crippen LogP contribution < -0.4 is 10.6 Å². The molecule has 2 amide bonds. The third-order valence-corrected chi connectivity index (χ3v) is 9.86. The second-order valence-corrected chi connectivity index (χ2v) is 14.2. The summed E-state index contributed by atoms with van der Waals surface area (Å²) >= 11 is 2.14. The van der Waals surface area contributed by atoms with Crippen molar-refractivity contribution in [3.8, 4) is 11.1 Å².